The van der Waals surface area contributed by atoms with Gasteiger partial charge in [0.25, 0.3) is 0 Å². The van der Waals surface area contributed by atoms with Crippen molar-refractivity contribution in [3.05, 3.63) is 35.4 Å². The summed E-state index contributed by atoms with van der Waals surface area (Å²) in [6.07, 6.45) is -4.28. The molecule has 1 aliphatic heterocycles. The highest BCUT2D eigenvalue weighted by atomic mass is 127. The van der Waals surface area contributed by atoms with Crippen molar-refractivity contribution < 1.29 is 13.2 Å². The van der Waals surface area contributed by atoms with Crippen LogP contribution in [0.2, 0.25) is 0 Å². The number of rotatable bonds is 2. The van der Waals surface area contributed by atoms with Gasteiger partial charge in [0.15, 0.2) is 0 Å². The highest BCUT2D eigenvalue weighted by Crippen LogP contribution is 2.35. The van der Waals surface area contributed by atoms with Gasteiger partial charge in [-0.2, -0.15) is 13.2 Å². The zero-order chi connectivity index (χ0) is 12.5. The Hall–Kier alpha value is -0.240. The Labute approximate surface area is 115 Å². The van der Waals surface area contributed by atoms with Crippen molar-refractivity contribution in [1.29, 1.82) is 0 Å². The minimum atomic E-state index is -4.28. The molecule has 0 bridgehead atoms. The summed E-state index contributed by atoms with van der Waals surface area (Å²) in [7, 11) is 0. The van der Waals surface area contributed by atoms with Crippen molar-refractivity contribution in [3.8, 4) is 0 Å². The summed E-state index contributed by atoms with van der Waals surface area (Å²) in [6.45, 7) is 0. The van der Waals surface area contributed by atoms with Crippen molar-refractivity contribution in [2.24, 2.45) is 4.99 Å². The second-order valence-electron chi connectivity index (χ2n) is 3.61. The first-order valence-electron chi connectivity index (χ1n) is 4.93. The number of aliphatic imine (C=N–C) groups is 1. The molecule has 2 rings (SSSR count). The van der Waals surface area contributed by atoms with Gasteiger partial charge in [-0.25, -0.2) is 0 Å². The number of hydrogen-bond acceptors (Lipinski definition) is 2. The molecule has 1 aliphatic rings. The molecule has 92 valence electrons. The fourth-order valence-electron chi connectivity index (χ4n) is 1.59. The summed E-state index contributed by atoms with van der Waals surface area (Å²) in [5.74, 6) is 0.736. The molecular weight excluding hydrogens is 362 g/mol. The molecule has 0 spiro atoms. The van der Waals surface area contributed by atoms with E-state index >= 15 is 0 Å². The Morgan fingerprint density at radius 1 is 1.41 bits per heavy atom. The lowest BCUT2D eigenvalue weighted by Crippen LogP contribution is -2.06. The molecule has 1 heterocycles. The van der Waals surface area contributed by atoms with Crippen LogP contribution in [0, 0.1) is 0 Å². The molecule has 0 aromatic heterocycles. The van der Waals surface area contributed by atoms with Crippen molar-refractivity contribution in [3.63, 3.8) is 0 Å². The largest absolute Gasteiger partial charge is 0.416 e. The van der Waals surface area contributed by atoms with Crippen LogP contribution in [0.3, 0.4) is 0 Å². The predicted molar refractivity (Wildman–Crippen MR) is 73.0 cm³/mol. The normalized spacial score (nSPS) is 20.5. The van der Waals surface area contributed by atoms with E-state index in [2.05, 4.69) is 27.6 Å². The van der Waals surface area contributed by atoms with Gasteiger partial charge < -0.3 is 0 Å². The van der Waals surface area contributed by atoms with E-state index in [9.17, 15) is 13.2 Å². The molecule has 0 amide bonds. The SMILES string of the molecule is FC(F)(F)c1cccc(C2CSC(CI)=N2)c1. The molecule has 0 radical (unpaired) electrons. The van der Waals surface area contributed by atoms with Crippen molar-refractivity contribution in [1.82, 2.24) is 0 Å². The molecule has 1 atom stereocenters. The second kappa shape index (κ2) is 5.17. The van der Waals surface area contributed by atoms with E-state index < -0.39 is 11.7 Å². The first kappa shape index (κ1) is 13.2. The van der Waals surface area contributed by atoms with Gasteiger partial charge in [-0.1, -0.05) is 34.7 Å². The molecule has 0 saturated carbocycles. The molecular formula is C11H9F3INS. The van der Waals surface area contributed by atoms with Gasteiger partial charge in [-0.3, -0.25) is 4.99 Å². The number of benzene rings is 1. The van der Waals surface area contributed by atoms with Crippen molar-refractivity contribution in [2.75, 3.05) is 10.2 Å². The molecule has 6 heteroatoms. The van der Waals surface area contributed by atoms with Gasteiger partial charge in [0.05, 0.1) is 16.6 Å². The summed E-state index contributed by atoms with van der Waals surface area (Å²) in [5, 5.41) is 1.01. The Kier molecular flexibility index (Phi) is 4.02. The van der Waals surface area contributed by atoms with Crippen LogP contribution in [-0.4, -0.2) is 15.2 Å². The van der Waals surface area contributed by atoms with E-state index in [1.165, 1.54) is 12.1 Å². The summed E-state index contributed by atoms with van der Waals surface area (Å²) >= 11 is 3.83. The topological polar surface area (TPSA) is 12.4 Å². The van der Waals surface area contributed by atoms with Crippen LogP contribution in [0.5, 0.6) is 0 Å². The number of thioether (sulfide) groups is 1. The minimum Gasteiger partial charge on any atom is -0.273 e. The fourth-order valence-corrected chi connectivity index (χ4v) is 3.34. The zero-order valence-corrected chi connectivity index (χ0v) is 11.6. The van der Waals surface area contributed by atoms with Crippen LogP contribution in [0.4, 0.5) is 13.2 Å². The lowest BCUT2D eigenvalue weighted by molar-refractivity contribution is -0.137. The summed E-state index contributed by atoms with van der Waals surface area (Å²) in [4.78, 5) is 4.40. The Bertz CT molecular complexity index is 445. The van der Waals surface area contributed by atoms with Crippen LogP contribution >= 0.6 is 34.4 Å². The smallest absolute Gasteiger partial charge is 0.273 e. The Morgan fingerprint density at radius 2 is 2.18 bits per heavy atom. The molecule has 0 fully saturated rings. The first-order chi connectivity index (χ1) is 8.00. The predicted octanol–water partition coefficient (Wildman–Crippen LogP) is 4.33. The Balaban J connectivity index is 2.26. The van der Waals surface area contributed by atoms with Crippen molar-refractivity contribution in [2.45, 2.75) is 12.2 Å². The van der Waals surface area contributed by atoms with Crippen LogP contribution in [0.1, 0.15) is 17.2 Å². The first-order valence-corrected chi connectivity index (χ1v) is 7.44. The van der Waals surface area contributed by atoms with Gasteiger partial charge >= 0.3 is 6.18 Å². The van der Waals surface area contributed by atoms with Gasteiger partial charge in [0.2, 0.25) is 0 Å². The lowest BCUT2D eigenvalue weighted by Gasteiger charge is -2.10. The third-order valence-electron chi connectivity index (χ3n) is 2.42. The monoisotopic (exact) mass is 371 g/mol. The fraction of sp³-hybridized carbons (Fsp3) is 0.364. The van der Waals surface area contributed by atoms with E-state index in [4.69, 9.17) is 0 Å². The maximum absolute atomic E-state index is 12.6. The second-order valence-corrected chi connectivity index (χ2v) is 5.46. The quantitative estimate of drug-likeness (QED) is 0.557. The molecule has 1 unspecified atom stereocenters. The average Bonchev–Trinajstić information content (AvgIpc) is 2.76. The summed E-state index contributed by atoms with van der Waals surface area (Å²) in [5.41, 5.74) is 0.0466. The molecule has 0 saturated heterocycles. The third kappa shape index (κ3) is 3.15. The molecule has 0 N–H and O–H groups in total. The van der Waals surface area contributed by atoms with Crippen LogP contribution in [0.25, 0.3) is 0 Å². The summed E-state index contributed by atoms with van der Waals surface area (Å²) < 4.78 is 38.5. The van der Waals surface area contributed by atoms with Crippen LogP contribution in [0.15, 0.2) is 29.3 Å². The van der Waals surface area contributed by atoms with Gasteiger partial charge in [-0.05, 0) is 17.7 Å². The highest BCUT2D eigenvalue weighted by Gasteiger charge is 2.31. The van der Waals surface area contributed by atoms with Gasteiger partial charge in [0.1, 0.15) is 0 Å². The molecule has 1 aromatic carbocycles. The standard InChI is InChI=1S/C11H9F3INS/c12-11(13,14)8-3-1-2-7(4-8)9-6-17-10(5-15)16-9/h1-4,9H,5-6H2. The lowest BCUT2D eigenvalue weighted by atomic mass is 10.1. The third-order valence-corrected chi connectivity index (χ3v) is 4.73. The number of nitrogens with zero attached hydrogens (tertiary/aromatic N) is 1. The van der Waals surface area contributed by atoms with E-state index in [0.29, 0.717) is 5.56 Å². The van der Waals surface area contributed by atoms with E-state index in [1.54, 1.807) is 17.8 Å². The van der Waals surface area contributed by atoms with Gasteiger partial charge in [0, 0.05) is 10.2 Å². The van der Waals surface area contributed by atoms with E-state index in [0.717, 1.165) is 21.3 Å². The minimum absolute atomic E-state index is 0.132. The van der Waals surface area contributed by atoms with Crippen LogP contribution in [-0.2, 0) is 6.18 Å². The summed E-state index contributed by atoms with van der Waals surface area (Å²) in [6, 6.07) is 5.31. The number of halogens is 4. The average molecular weight is 371 g/mol. The Morgan fingerprint density at radius 3 is 2.76 bits per heavy atom. The number of hydrogen-bond donors (Lipinski definition) is 0. The van der Waals surface area contributed by atoms with E-state index in [-0.39, 0.29) is 6.04 Å². The maximum Gasteiger partial charge on any atom is 0.416 e. The van der Waals surface area contributed by atoms with Crippen molar-refractivity contribution >= 4 is 39.4 Å². The molecule has 1 nitrogen and oxygen atoms in total. The maximum atomic E-state index is 12.6. The number of alkyl halides is 4. The molecule has 0 aliphatic carbocycles. The van der Waals surface area contributed by atoms with Crippen LogP contribution < -0.4 is 0 Å². The van der Waals surface area contributed by atoms with Gasteiger partial charge in [-0.15, -0.1) is 11.8 Å². The highest BCUT2D eigenvalue weighted by molar-refractivity contribution is 14.1. The molecule has 17 heavy (non-hydrogen) atoms. The van der Waals surface area contributed by atoms with E-state index in [1.807, 2.05) is 0 Å². The molecule has 1 aromatic rings. The zero-order valence-electron chi connectivity index (χ0n) is 8.67.